The van der Waals surface area contributed by atoms with Crippen LogP contribution in [0.25, 0.3) is 0 Å². The second-order valence-electron chi connectivity index (χ2n) is 4.64. The summed E-state index contributed by atoms with van der Waals surface area (Å²) in [5.41, 5.74) is 1.62. The Labute approximate surface area is 118 Å². The molecule has 98 valence electrons. The average molecular weight is 322 g/mol. The number of aryl methyl sites for hydroxylation is 1. The van der Waals surface area contributed by atoms with Gasteiger partial charge in [-0.15, -0.1) is 5.10 Å². The number of anilines is 1. The van der Waals surface area contributed by atoms with Crippen molar-refractivity contribution < 1.29 is 9.21 Å². The predicted octanol–water partition coefficient (Wildman–Crippen LogP) is 3.27. The van der Waals surface area contributed by atoms with Crippen molar-refractivity contribution in [2.24, 2.45) is 0 Å². The minimum absolute atomic E-state index is 0.156. The number of amides is 1. The molecular weight excluding hydrogens is 310 g/mol. The van der Waals surface area contributed by atoms with Gasteiger partial charge >= 0.3 is 6.01 Å². The summed E-state index contributed by atoms with van der Waals surface area (Å²) in [4.78, 5) is 12.0. The zero-order chi connectivity index (χ0) is 13.4. The molecular formula is C13H12BrN3O2. The number of benzene rings is 1. The number of nitrogens with one attached hydrogen (secondary N) is 1. The van der Waals surface area contributed by atoms with Gasteiger partial charge in [0, 0.05) is 16.0 Å². The maximum absolute atomic E-state index is 12.0. The third kappa shape index (κ3) is 2.68. The smallest absolute Gasteiger partial charge is 0.322 e. The van der Waals surface area contributed by atoms with E-state index in [4.69, 9.17) is 4.42 Å². The molecule has 1 aliphatic rings. The van der Waals surface area contributed by atoms with Gasteiger partial charge in [0.25, 0.3) is 5.91 Å². The van der Waals surface area contributed by atoms with Gasteiger partial charge in [-0.3, -0.25) is 10.1 Å². The third-order valence-electron chi connectivity index (χ3n) is 3.02. The third-order valence-corrected chi connectivity index (χ3v) is 3.88. The molecule has 1 aromatic heterocycles. The van der Waals surface area contributed by atoms with E-state index >= 15 is 0 Å². The van der Waals surface area contributed by atoms with Gasteiger partial charge in [-0.2, -0.15) is 0 Å². The van der Waals surface area contributed by atoms with Crippen molar-refractivity contribution in [3.05, 3.63) is 39.7 Å². The van der Waals surface area contributed by atoms with Crippen molar-refractivity contribution in [1.82, 2.24) is 10.2 Å². The molecule has 19 heavy (non-hydrogen) atoms. The standard InChI is InChI=1S/C13H12BrN3O2/c1-7-2-3-9(6-10(7)14)11(18)15-13-17-16-12(19-13)8-4-5-8/h2-3,6,8H,4-5H2,1H3,(H,15,17,18). The van der Waals surface area contributed by atoms with Gasteiger partial charge in [-0.1, -0.05) is 27.1 Å². The van der Waals surface area contributed by atoms with Crippen LogP contribution in [0.3, 0.4) is 0 Å². The maximum atomic E-state index is 12.0. The fourth-order valence-electron chi connectivity index (χ4n) is 1.68. The van der Waals surface area contributed by atoms with Crippen molar-refractivity contribution in [2.75, 3.05) is 5.32 Å². The Hall–Kier alpha value is -1.69. The van der Waals surface area contributed by atoms with Crippen molar-refractivity contribution in [2.45, 2.75) is 25.7 Å². The van der Waals surface area contributed by atoms with Crippen molar-refractivity contribution in [3.8, 4) is 0 Å². The van der Waals surface area contributed by atoms with Crippen LogP contribution in [-0.4, -0.2) is 16.1 Å². The number of hydrogen-bond acceptors (Lipinski definition) is 4. The van der Waals surface area contributed by atoms with Gasteiger partial charge in [0.05, 0.1) is 0 Å². The molecule has 0 bridgehead atoms. The second kappa shape index (κ2) is 4.77. The van der Waals surface area contributed by atoms with Crippen LogP contribution in [0.1, 0.15) is 40.6 Å². The van der Waals surface area contributed by atoms with E-state index in [1.165, 1.54) is 0 Å². The molecule has 1 N–H and O–H groups in total. The average Bonchev–Trinajstić information content (AvgIpc) is 3.14. The molecule has 1 saturated carbocycles. The lowest BCUT2D eigenvalue weighted by Gasteiger charge is -2.03. The molecule has 0 saturated heterocycles. The zero-order valence-electron chi connectivity index (χ0n) is 10.3. The summed E-state index contributed by atoms with van der Waals surface area (Å²) in [5.74, 6) is 0.735. The molecule has 1 aromatic carbocycles. The highest BCUT2D eigenvalue weighted by molar-refractivity contribution is 9.10. The van der Waals surface area contributed by atoms with Gasteiger partial charge in [0.1, 0.15) is 0 Å². The molecule has 1 amide bonds. The van der Waals surface area contributed by atoms with Gasteiger partial charge in [-0.05, 0) is 37.5 Å². The van der Waals surface area contributed by atoms with E-state index in [1.54, 1.807) is 12.1 Å². The van der Waals surface area contributed by atoms with E-state index in [9.17, 15) is 4.79 Å². The van der Waals surface area contributed by atoms with Crippen LogP contribution < -0.4 is 5.32 Å². The van der Waals surface area contributed by atoms with E-state index in [2.05, 4.69) is 31.4 Å². The molecule has 0 radical (unpaired) electrons. The quantitative estimate of drug-likeness (QED) is 0.942. The van der Waals surface area contributed by atoms with Gasteiger partial charge in [0.2, 0.25) is 5.89 Å². The van der Waals surface area contributed by atoms with E-state index < -0.39 is 0 Å². The molecule has 5 nitrogen and oxygen atoms in total. The Kier molecular flexibility index (Phi) is 3.10. The van der Waals surface area contributed by atoms with Crippen molar-refractivity contribution in [3.63, 3.8) is 0 Å². The first-order valence-corrected chi connectivity index (χ1v) is 6.83. The number of rotatable bonds is 3. The Morgan fingerprint density at radius 3 is 2.89 bits per heavy atom. The predicted molar refractivity (Wildman–Crippen MR) is 73.1 cm³/mol. The molecule has 0 spiro atoms. The highest BCUT2D eigenvalue weighted by Crippen LogP contribution is 2.39. The van der Waals surface area contributed by atoms with Crippen LogP contribution >= 0.6 is 15.9 Å². The molecule has 0 aliphatic heterocycles. The highest BCUT2D eigenvalue weighted by Gasteiger charge is 2.29. The lowest BCUT2D eigenvalue weighted by atomic mass is 10.1. The minimum Gasteiger partial charge on any atom is -0.408 e. The van der Waals surface area contributed by atoms with Gasteiger partial charge in [0.15, 0.2) is 0 Å². The molecule has 1 heterocycles. The second-order valence-corrected chi connectivity index (χ2v) is 5.49. The molecule has 2 aromatic rings. The number of aromatic nitrogens is 2. The first kappa shape index (κ1) is 12.3. The van der Waals surface area contributed by atoms with Crippen LogP contribution in [0, 0.1) is 6.92 Å². The van der Waals surface area contributed by atoms with Crippen molar-refractivity contribution >= 4 is 27.9 Å². The molecule has 3 rings (SSSR count). The summed E-state index contributed by atoms with van der Waals surface area (Å²) >= 11 is 3.40. The Bertz CT molecular complexity index is 635. The monoisotopic (exact) mass is 321 g/mol. The zero-order valence-corrected chi connectivity index (χ0v) is 11.9. The largest absolute Gasteiger partial charge is 0.408 e. The van der Waals surface area contributed by atoms with Crippen molar-refractivity contribution in [1.29, 1.82) is 0 Å². The Morgan fingerprint density at radius 1 is 1.42 bits per heavy atom. The first-order valence-electron chi connectivity index (χ1n) is 6.04. The van der Waals surface area contributed by atoms with E-state index in [-0.39, 0.29) is 11.9 Å². The molecule has 1 fully saturated rings. The van der Waals surface area contributed by atoms with E-state index in [0.717, 1.165) is 22.9 Å². The summed E-state index contributed by atoms with van der Waals surface area (Å²) in [6, 6.07) is 5.56. The van der Waals surface area contributed by atoms with Gasteiger partial charge in [-0.25, -0.2) is 0 Å². The highest BCUT2D eigenvalue weighted by atomic mass is 79.9. The van der Waals surface area contributed by atoms with Crippen LogP contribution in [0.5, 0.6) is 0 Å². The molecule has 6 heteroatoms. The van der Waals surface area contributed by atoms with Crippen LogP contribution in [0.15, 0.2) is 27.1 Å². The summed E-state index contributed by atoms with van der Waals surface area (Å²) in [6.45, 7) is 1.96. The first-order chi connectivity index (χ1) is 9.13. The number of nitrogens with zero attached hydrogens (tertiary/aromatic N) is 2. The van der Waals surface area contributed by atoms with Crippen LogP contribution in [0.2, 0.25) is 0 Å². The summed E-state index contributed by atoms with van der Waals surface area (Å²) < 4.78 is 6.28. The molecule has 0 atom stereocenters. The fourth-order valence-corrected chi connectivity index (χ4v) is 2.06. The Balaban J connectivity index is 1.74. The fraction of sp³-hybridized carbons (Fsp3) is 0.308. The molecule has 0 unspecified atom stereocenters. The lowest BCUT2D eigenvalue weighted by Crippen LogP contribution is -2.12. The summed E-state index contributed by atoms with van der Waals surface area (Å²) in [7, 11) is 0. The van der Waals surface area contributed by atoms with Crippen LogP contribution in [-0.2, 0) is 0 Å². The summed E-state index contributed by atoms with van der Waals surface area (Å²) in [6.07, 6.45) is 2.17. The Morgan fingerprint density at radius 2 is 2.21 bits per heavy atom. The van der Waals surface area contributed by atoms with Gasteiger partial charge < -0.3 is 4.42 Å². The number of halogens is 1. The molecule has 1 aliphatic carbocycles. The van der Waals surface area contributed by atoms with Crippen LogP contribution in [0.4, 0.5) is 6.01 Å². The number of carbonyl (C=O) groups excluding carboxylic acids is 1. The lowest BCUT2D eigenvalue weighted by molar-refractivity contribution is 0.102. The SMILES string of the molecule is Cc1ccc(C(=O)Nc2nnc(C3CC3)o2)cc1Br. The van der Waals surface area contributed by atoms with E-state index in [0.29, 0.717) is 17.4 Å². The number of hydrogen-bond donors (Lipinski definition) is 1. The minimum atomic E-state index is -0.258. The number of carbonyl (C=O) groups is 1. The van der Waals surface area contributed by atoms with E-state index in [1.807, 2.05) is 13.0 Å². The normalized spacial score (nSPS) is 14.4. The topological polar surface area (TPSA) is 68.0 Å². The maximum Gasteiger partial charge on any atom is 0.322 e. The summed E-state index contributed by atoms with van der Waals surface area (Å²) in [5, 5.41) is 10.3.